The van der Waals surface area contributed by atoms with Gasteiger partial charge in [0.05, 0.1) is 17.6 Å². The standard InChI is InChI=1S/C16H19N3O3/c1-2-19-14-8-13(6-5-12(14)9-17-19)18-15(20)10-3-4-11(7-10)16(21)22/h5-6,8-11H,2-4,7H2,1H3,(H,18,20)(H,21,22)/t10-,11+/m1/s1. The van der Waals surface area contributed by atoms with Gasteiger partial charge in [-0.05, 0) is 44.4 Å². The fraction of sp³-hybridized carbons (Fsp3) is 0.438. The first kappa shape index (κ1) is 14.6. The van der Waals surface area contributed by atoms with Gasteiger partial charge >= 0.3 is 5.97 Å². The van der Waals surface area contributed by atoms with Gasteiger partial charge in [0.25, 0.3) is 0 Å². The first-order valence-corrected chi connectivity index (χ1v) is 7.57. The molecule has 2 aromatic rings. The van der Waals surface area contributed by atoms with Crippen LogP contribution >= 0.6 is 0 Å². The van der Waals surface area contributed by atoms with E-state index >= 15 is 0 Å². The number of fused-ring (bicyclic) bond motifs is 1. The largest absolute Gasteiger partial charge is 0.481 e. The first-order valence-electron chi connectivity index (χ1n) is 7.57. The van der Waals surface area contributed by atoms with E-state index in [-0.39, 0.29) is 17.7 Å². The highest BCUT2D eigenvalue weighted by Gasteiger charge is 2.33. The number of hydrogen-bond acceptors (Lipinski definition) is 3. The van der Waals surface area contributed by atoms with Crippen molar-refractivity contribution in [1.82, 2.24) is 9.78 Å². The molecule has 0 unspecified atom stereocenters. The van der Waals surface area contributed by atoms with Crippen molar-refractivity contribution < 1.29 is 14.7 Å². The molecule has 3 rings (SSSR count). The summed E-state index contributed by atoms with van der Waals surface area (Å²) in [7, 11) is 0. The van der Waals surface area contributed by atoms with Gasteiger partial charge in [0.2, 0.25) is 5.91 Å². The summed E-state index contributed by atoms with van der Waals surface area (Å²) in [6, 6.07) is 5.69. The SMILES string of the molecule is CCn1ncc2ccc(NC(=O)[C@@H]3CC[C@H](C(=O)O)C3)cc21. The van der Waals surface area contributed by atoms with Gasteiger partial charge in [0.1, 0.15) is 0 Å². The van der Waals surface area contributed by atoms with Crippen LogP contribution in [0.25, 0.3) is 10.9 Å². The number of carboxylic acids is 1. The zero-order chi connectivity index (χ0) is 15.7. The maximum atomic E-state index is 12.3. The Morgan fingerprint density at radius 2 is 2.14 bits per heavy atom. The zero-order valence-corrected chi connectivity index (χ0v) is 12.5. The second kappa shape index (κ2) is 5.79. The Bertz CT molecular complexity index is 722. The maximum absolute atomic E-state index is 12.3. The summed E-state index contributed by atoms with van der Waals surface area (Å²) < 4.78 is 1.88. The van der Waals surface area contributed by atoms with E-state index in [0.29, 0.717) is 19.3 Å². The summed E-state index contributed by atoms with van der Waals surface area (Å²) in [5.74, 6) is -1.50. The van der Waals surface area contributed by atoms with Gasteiger partial charge in [0, 0.05) is 23.5 Å². The molecule has 0 radical (unpaired) electrons. The number of hydrogen-bond donors (Lipinski definition) is 2. The third-order valence-corrected chi connectivity index (χ3v) is 4.36. The molecule has 2 N–H and O–H groups in total. The van der Waals surface area contributed by atoms with Crippen LogP contribution < -0.4 is 5.32 Å². The molecule has 2 atom stereocenters. The Balaban J connectivity index is 1.73. The van der Waals surface area contributed by atoms with E-state index < -0.39 is 5.97 Å². The third-order valence-electron chi connectivity index (χ3n) is 4.36. The summed E-state index contributed by atoms with van der Waals surface area (Å²) in [5, 5.41) is 17.2. The van der Waals surface area contributed by atoms with Crippen LogP contribution in [-0.2, 0) is 16.1 Å². The van der Waals surface area contributed by atoms with Crippen LogP contribution in [0.15, 0.2) is 24.4 Å². The van der Waals surface area contributed by atoms with Crippen molar-refractivity contribution in [2.45, 2.75) is 32.7 Å². The predicted molar refractivity (Wildman–Crippen MR) is 82.5 cm³/mol. The molecule has 6 nitrogen and oxygen atoms in total. The molecule has 116 valence electrons. The molecular weight excluding hydrogens is 282 g/mol. The highest BCUT2D eigenvalue weighted by atomic mass is 16.4. The number of amides is 1. The molecule has 1 aromatic carbocycles. The quantitative estimate of drug-likeness (QED) is 0.908. The highest BCUT2D eigenvalue weighted by molar-refractivity contribution is 5.95. The van der Waals surface area contributed by atoms with E-state index in [0.717, 1.165) is 23.1 Å². The summed E-state index contributed by atoms with van der Waals surface area (Å²) in [6.07, 6.45) is 3.45. The number of carboxylic acid groups (broad SMARTS) is 1. The molecule has 1 aromatic heterocycles. The van der Waals surface area contributed by atoms with Gasteiger partial charge in [-0.1, -0.05) is 0 Å². The minimum Gasteiger partial charge on any atom is -0.481 e. The van der Waals surface area contributed by atoms with Crippen molar-refractivity contribution in [2.24, 2.45) is 11.8 Å². The van der Waals surface area contributed by atoms with Crippen molar-refractivity contribution in [3.63, 3.8) is 0 Å². The summed E-state index contributed by atoms with van der Waals surface area (Å²) in [5.41, 5.74) is 1.71. The van der Waals surface area contributed by atoms with Crippen molar-refractivity contribution in [2.75, 3.05) is 5.32 Å². The van der Waals surface area contributed by atoms with Crippen LogP contribution in [0.4, 0.5) is 5.69 Å². The number of nitrogens with zero attached hydrogens (tertiary/aromatic N) is 2. The molecule has 1 aliphatic rings. The van der Waals surface area contributed by atoms with Gasteiger partial charge in [-0.3, -0.25) is 14.3 Å². The van der Waals surface area contributed by atoms with Gasteiger partial charge in [-0.15, -0.1) is 0 Å². The Labute approximate surface area is 128 Å². The van der Waals surface area contributed by atoms with Crippen LogP contribution in [0.2, 0.25) is 0 Å². The fourth-order valence-corrected chi connectivity index (χ4v) is 3.09. The van der Waals surface area contributed by atoms with Crippen LogP contribution in [0, 0.1) is 11.8 Å². The lowest BCUT2D eigenvalue weighted by atomic mass is 10.0. The first-order chi connectivity index (χ1) is 10.6. The minimum atomic E-state index is -0.802. The van der Waals surface area contributed by atoms with Gasteiger partial charge in [-0.2, -0.15) is 5.10 Å². The minimum absolute atomic E-state index is 0.0920. The molecule has 1 heterocycles. The van der Waals surface area contributed by atoms with Crippen molar-refractivity contribution in [3.8, 4) is 0 Å². The zero-order valence-electron chi connectivity index (χ0n) is 12.5. The lowest BCUT2D eigenvalue weighted by molar-refractivity contribution is -0.141. The van der Waals surface area contributed by atoms with Crippen molar-refractivity contribution >= 4 is 28.5 Å². The Hall–Kier alpha value is -2.37. The molecule has 1 aliphatic carbocycles. The molecule has 6 heteroatoms. The molecule has 0 spiro atoms. The second-order valence-electron chi connectivity index (χ2n) is 5.77. The average Bonchev–Trinajstić information content (AvgIpc) is 3.13. The van der Waals surface area contributed by atoms with E-state index in [9.17, 15) is 9.59 Å². The van der Waals surface area contributed by atoms with Crippen LogP contribution in [0.3, 0.4) is 0 Å². The fourth-order valence-electron chi connectivity index (χ4n) is 3.09. The summed E-state index contributed by atoms with van der Waals surface area (Å²) in [6.45, 7) is 2.78. The summed E-state index contributed by atoms with van der Waals surface area (Å²) in [4.78, 5) is 23.3. The average molecular weight is 301 g/mol. The van der Waals surface area contributed by atoms with Gasteiger partial charge in [0.15, 0.2) is 0 Å². The molecule has 1 fully saturated rings. The number of nitrogens with one attached hydrogen (secondary N) is 1. The van der Waals surface area contributed by atoms with E-state index in [1.807, 2.05) is 29.8 Å². The number of benzene rings is 1. The van der Waals surface area contributed by atoms with E-state index in [4.69, 9.17) is 5.11 Å². The number of anilines is 1. The predicted octanol–water partition coefficient (Wildman–Crippen LogP) is 2.50. The normalized spacial score (nSPS) is 21.1. The molecule has 0 saturated heterocycles. The second-order valence-corrected chi connectivity index (χ2v) is 5.77. The van der Waals surface area contributed by atoms with E-state index in [2.05, 4.69) is 10.4 Å². The molecular formula is C16H19N3O3. The lowest BCUT2D eigenvalue weighted by Gasteiger charge is -2.11. The van der Waals surface area contributed by atoms with Crippen LogP contribution in [-0.4, -0.2) is 26.8 Å². The maximum Gasteiger partial charge on any atom is 0.306 e. The van der Waals surface area contributed by atoms with Crippen LogP contribution in [0.5, 0.6) is 0 Å². The van der Waals surface area contributed by atoms with Crippen LogP contribution in [0.1, 0.15) is 26.2 Å². The number of aryl methyl sites for hydroxylation is 1. The monoisotopic (exact) mass is 301 g/mol. The number of aliphatic carboxylic acids is 1. The molecule has 1 amide bonds. The smallest absolute Gasteiger partial charge is 0.306 e. The number of rotatable bonds is 4. The molecule has 0 bridgehead atoms. The molecule has 1 saturated carbocycles. The Morgan fingerprint density at radius 1 is 1.36 bits per heavy atom. The number of carbonyl (C=O) groups is 2. The summed E-state index contributed by atoms with van der Waals surface area (Å²) >= 11 is 0. The lowest BCUT2D eigenvalue weighted by Crippen LogP contribution is -2.21. The number of carbonyl (C=O) groups excluding carboxylic acids is 1. The Morgan fingerprint density at radius 3 is 2.82 bits per heavy atom. The molecule has 0 aliphatic heterocycles. The van der Waals surface area contributed by atoms with Crippen molar-refractivity contribution in [3.05, 3.63) is 24.4 Å². The topological polar surface area (TPSA) is 84.2 Å². The highest BCUT2D eigenvalue weighted by Crippen LogP contribution is 2.32. The third kappa shape index (κ3) is 2.68. The van der Waals surface area contributed by atoms with E-state index in [1.165, 1.54) is 0 Å². The molecule has 22 heavy (non-hydrogen) atoms. The van der Waals surface area contributed by atoms with E-state index in [1.54, 1.807) is 6.20 Å². The van der Waals surface area contributed by atoms with Gasteiger partial charge < -0.3 is 10.4 Å². The van der Waals surface area contributed by atoms with Gasteiger partial charge in [-0.25, -0.2) is 0 Å². The van der Waals surface area contributed by atoms with Crippen molar-refractivity contribution in [1.29, 1.82) is 0 Å². The number of aromatic nitrogens is 2. The Kier molecular flexibility index (Phi) is 3.83.